The van der Waals surface area contributed by atoms with E-state index in [1.165, 1.54) is 7.11 Å². The molecule has 0 N–H and O–H groups in total. The first kappa shape index (κ1) is 14.5. The number of hydrogen-bond donors (Lipinski definition) is 0. The highest BCUT2D eigenvalue weighted by Gasteiger charge is 2.22. The van der Waals surface area contributed by atoms with Crippen molar-refractivity contribution < 1.29 is 9.53 Å². The van der Waals surface area contributed by atoms with Crippen molar-refractivity contribution >= 4 is 11.5 Å². The van der Waals surface area contributed by atoms with Crippen LogP contribution < -0.4 is 0 Å². The van der Waals surface area contributed by atoms with Gasteiger partial charge in [0.1, 0.15) is 0 Å². The maximum absolute atomic E-state index is 12.0. The molecule has 0 unspecified atom stereocenters. The average Bonchev–Trinajstić information content (AvgIpc) is 2.35. The number of esters is 1. The van der Waals surface area contributed by atoms with Gasteiger partial charge in [0.2, 0.25) is 0 Å². The Labute approximate surface area is 110 Å². The van der Waals surface area contributed by atoms with Gasteiger partial charge in [-0.3, -0.25) is 0 Å². The lowest BCUT2D eigenvalue weighted by molar-refractivity contribution is -0.136. The Morgan fingerprint density at radius 1 is 1.00 bits per heavy atom. The van der Waals surface area contributed by atoms with Crippen molar-refractivity contribution in [1.29, 1.82) is 0 Å². The number of carbonyl (C=O) groups excluding carboxylic acids is 1. The zero-order chi connectivity index (χ0) is 13.7. The second-order valence-electron chi connectivity index (χ2n) is 4.99. The second kappa shape index (κ2) is 6.39. The van der Waals surface area contributed by atoms with E-state index < -0.39 is 0 Å². The monoisotopic (exact) mass is 246 g/mol. The molecule has 2 nitrogen and oxygen atoms in total. The van der Waals surface area contributed by atoms with Crippen LogP contribution in [0.1, 0.15) is 33.3 Å². The smallest absolute Gasteiger partial charge is 0.334 e. The van der Waals surface area contributed by atoms with E-state index in [2.05, 4.69) is 13.8 Å². The van der Waals surface area contributed by atoms with Gasteiger partial charge in [-0.1, -0.05) is 58.0 Å². The molecule has 1 rings (SSSR count). The molecular formula is C16H22O2. The van der Waals surface area contributed by atoms with Crippen LogP contribution in [0.15, 0.2) is 35.9 Å². The highest BCUT2D eigenvalue weighted by Crippen LogP contribution is 2.31. The summed E-state index contributed by atoms with van der Waals surface area (Å²) in [5.74, 6) is 0.205. The number of methoxy groups -OCH3 is 1. The Morgan fingerprint density at radius 3 is 1.94 bits per heavy atom. The number of hydrogen-bond acceptors (Lipinski definition) is 2. The molecule has 0 atom stereocenters. The average molecular weight is 246 g/mol. The van der Waals surface area contributed by atoms with E-state index in [1.807, 2.05) is 44.2 Å². The van der Waals surface area contributed by atoms with E-state index >= 15 is 0 Å². The van der Waals surface area contributed by atoms with E-state index in [0.717, 1.165) is 16.7 Å². The third kappa shape index (κ3) is 3.22. The number of allylic oxidation sites excluding steroid dienone is 1. The standard InChI is InChI=1S/C16H22O2/c1-11(2)14(13-9-7-6-8-10-13)15(12(3)4)16(17)18-5/h6-12H,1-5H3. The first-order valence-corrected chi connectivity index (χ1v) is 6.36. The van der Waals surface area contributed by atoms with E-state index in [1.54, 1.807) is 0 Å². The molecule has 2 heteroatoms. The minimum atomic E-state index is -0.224. The topological polar surface area (TPSA) is 26.3 Å². The summed E-state index contributed by atoms with van der Waals surface area (Å²) in [6.45, 7) is 8.26. The number of ether oxygens (including phenoxy) is 1. The van der Waals surface area contributed by atoms with Crippen LogP contribution in [0, 0.1) is 11.8 Å². The molecule has 0 aliphatic carbocycles. The predicted octanol–water partition coefficient (Wildman–Crippen LogP) is 3.93. The third-order valence-corrected chi connectivity index (χ3v) is 2.93. The molecule has 0 saturated heterocycles. The molecular weight excluding hydrogens is 224 g/mol. The minimum Gasteiger partial charge on any atom is -0.466 e. The normalized spacial score (nSPS) is 12.6. The van der Waals surface area contributed by atoms with Gasteiger partial charge in [0.15, 0.2) is 0 Å². The van der Waals surface area contributed by atoms with E-state index in [4.69, 9.17) is 4.74 Å². The van der Waals surface area contributed by atoms with Crippen LogP contribution >= 0.6 is 0 Å². The molecule has 0 aromatic heterocycles. The van der Waals surface area contributed by atoms with Crippen LogP contribution in [0.2, 0.25) is 0 Å². The van der Waals surface area contributed by atoms with Gasteiger partial charge in [-0.05, 0) is 23.0 Å². The number of carbonyl (C=O) groups is 1. The van der Waals surface area contributed by atoms with Gasteiger partial charge in [-0.15, -0.1) is 0 Å². The van der Waals surface area contributed by atoms with Crippen LogP contribution in [0.25, 0.3) is 5.57 Å². The second-order valence-corrected chi connectivity index (χ2v) is 4.99. The van der Waals surface area contributed by atoms with Gasteiger partial charge >= 0.3 is 5.97 Å². The molecule has 1 aromatic rings. The summed E-state index contributed by atoms with van der Waals surface area (Å²) in [4.78, 5) is 12.0. The molecule has 0 fully saturated rings. The van der Waals surface area contributed by atoms with Crippen molar-refractivity contribution in [2.45, 2.75) is 27.7 Å². The van der Waals surface area contributed by atoms with Crippen molar-refractivity contribution in [3.63, 3.8) is 0 Å². The van der Waals surface area contributed by atoms with Crippen molar-refractivity contribution in [2.24, 2.45) is 11.8 Å². The van der Waals surface area contributed by atoms with Gasteiger partial charge < -0.3 is 4.74 Å². The first-order chi connectivity index (χ1) is 8.49. The van der Waals surface area contributed by atoms with Crippen LogP contribution in [0.3, 0.4) is 0 Å². The molecule has 0 saturated carbocycles. The lowest BCUT2D eigenvalue weighted by atomic mass is 9.86. The van der Waals surface area contributed by atoms with Crippen LogP contribution in [0.4, 0.5) is 0 Å². The summed E-state index contributed by atoms with van der Waals surface area (Å²) in [6, 6.07) is 10.1. The molecule has 0 aliphatic rings. The quantitative estimate of drug-likeness (QED) is 0.594. The summed E-state index contributed by atoms with van der Waals surface area (Å²) in [6.07, 6.45) is 0. The number of rotatable bonds is 4. The zero-order valence-electron chi connectivity index (χ0n) is 11.9. The molecule has 0 spiro atoms. The Balaban J connectivity index is 3.44. The number of benzene rings is 1. The molecule has 0 bridgehead atoms. The zero-order valence-corrected chi connectivity index (χ0v) is 11.9. The van der Waals surface area contributed by atoms with Gasteiger partial charge in [-0.25, -0.2) is 4.79 Å². The molecule has 18 heavy (non-hydrogen) atoms. The molecule has 0 aliphatic heterocycles. The van der Waals surface area contributed by atoms with Gasteiger partial charge in [0, 0.05) is 5.57 Å². The lowest BCUT2D eigenvalue weighted by Crippen LogP contribution is -2.15. The fourth-order valence-electron chi connectivity index (χ4n) is 2.18. The first-order valence-electron chi connectivity index (χ1n) is 6.36. The van der Waals surface area contributed by atoms with E-state index in [9.17, 15) is 4.79 Å². The van der Waals surface area contributed by atoms with E-state index in [0.29, 0.717) is 0 Å². The Hall–Kier alpha value is -1.57. The van der Waals surface area contributed by atoms with Gasteiger partial charge in [0.05, 0.1) is 7.11 Å². The Kier molecular flexibility index (Phi) is 5.14. The summed E-state index contributed by atoms with van der Waals surface area (Å²) >= 11 is 0. The highest BCUT2D eigenvalue weighted by atomic mass is 16.5. The molecule has 0 heterocycles. The van der Waals surface area contributed by atoms with Crippen molar-refractivity contribution in [3.8, 4) is 0 Å². The van der Waals surface area contributed by atoms with Gasteiger partial charge in [0.25, 0.3) is 0 Å². The summed E-state index contributed by atoms with van der Waals surface area (Å²) < 4.78 is 4.93. The SMILES string of the molecule is COC(=O)C(=C(c1ccccc1)C(C)C)C(C)C. The van der Waals surface area contributed by atoms with Crippen LogP contribution in [0.5, 0.6) is 0 Å². The van der Waals surface area contributed by atoms with Crippen molar-refractivity contribution in [2.75, 3.05) is 7.11 Å². The van der Waals surface area contributed by atoms with Crippen molar-refractivity contribution in [3.05, 3.63) is 41.5 Å². The Bertz CT molecular complexity index is 428. The summed E-state index contributed by atoms with van der Waals surface area (Å²) in [5.41, 5.74) is 2.96. The van der Waals surface area contributed by atoms with Crippen LogP contribution in [-0.2, 0) is 9.53 Å². The van der Waals surface area contributed by atoms with Crippen LogP contribution in [-0.4, -0.2) is 13.1 Å². The lowest BCUT2D eigenvalue weighted by Gasteiger charge is -2.20. The third-order valence-electron chi connectivity index (χ3n) is 2.93. The summed E-state index contributed by atoms with van der Waals surface area (Å²) in [5, 5.41) is 0. The molecule has 0 amide bonds. The highest BCUT2D eigenvalue weighted by molar-refractivity contribution is 5.98. The largest absolute Gasteiger partial charge is 0.466 e. The van der Waals surface area contributed by atoms with E-state index in [-0.39, 0.29) is 17.8 Å². The minimum absolute atomic E-state index is 0.148. The van der Waals surface area contributed by atoms with Gasteiger partial charge in [-0.2, -0.15) is 0 Å². The van der Waals surface area contributed by atoms with Crippen molar-refractivity contribution in [1.82, 2.24) is 0 Å². The maximum Gasteiger partial charge on any atom is 0.334 e. The summed E-state index contributed by atoms with van der Waals surface area (Å²) in [7, 11) is 1.44. The predicted molar refractivity (Wildman–Crippen MR) is 75.1 cm³/mol. The fraction of sp³-hybridized carbons (Fsp3) is 0.438. The molecule has 98 valence electrons. The molecule has 0 radical (unpaired) electrons. The maximum atomic E-state index is 12.0. The fourth-order valence-corrected chi connectivity index (χ4v) is 2.18. The molecule has 1 aromatic carbocycles. The Morgan fingerprint density at radius 2 is 1.56 bits per heavy atom.